The van der Waals surface area contributed by atoms with E-state index < -0.39 is 0 Å². The van der Waals surface area contributed by atoms with Crippen molar-refractivity contribution in [2.24, 2.45) is 0 Å². The van der Waals surface area contributed by atoms with Crippen LogP contribution in [-0.4, -0.2) is 19.3 Å². The first-order chi connectivity index (χ1) is 25.5. The van der Waals surface area contributed by atoms with Gasteiger partial charge in [-0.3, -0.25) is 4.68 Å². The van der Waals surface area contributed by atoms with Gasteiger partial charge < -0.3 is 9.30 Å². The molecule has 6 heteroatoms. The third kappa shape index (κ3) is 7.69. The normalized spacial score (nSPS) is 12.2. The van der Waals surface area contributed by atoms with Crippen molar-refractivity contribution in [2.75, 3.05) is 0 Å². The second-order valence-electron chi connectivity index (χ2n) is 17.3. The smallest absolute Gasteiger partial charge is 0.509 e. The van der Waals surface area contributed by atoms with Gasteiger partial charge in [0.15, 0.2) is 0 Å². The number of aromatic nitrogens is 4. The molecule has 0 aliphatic rings. The molecule has 7 rings (SSSR count). The molecule has 3 aromatic heterocycles. The van der Waals surface area contributed by atoms with E-state index in [0.717, 1.165) is 63.1 Å². The number of benzene rings is 4. The summed E-state index contributed by atoms with van der Waals surface area (Å²) < 4.78 is 11.0. The average Bonchev–Trinajstić information content (AvgIpc) is 3.59. The molecule has 5 nitrogen and oxygen atoms in total. The van der Waals surface area contributed by atoms with Gasteiger partial charge in [-0.1, -0.05) is 110 Å². The molecule has 0 fully saturated rings. The van der Waals surface area contributed by atoms with Crippen LogP contribution in [0.3, 0.4) is 0 Å². The van der Waals surface area contributed by atoms with Gasteiger partial charge in [0.05, 0.1) is 5.69 Å². The second-order valence-corrected chi connectivity index (χ2v) is 17.3. The minimum absolute atomic E-state index is 0. The Morgan fingerprint density at radius 2 is 1.45 bits per heavy atom. The molecular formula is C49H54N4OPd. The molecule has 0 N–H and O–H groups in total. The third-order valence-corrected chi connectivity index (χ3v) is 10.5. The Kier molecular flexibility index (Phi) is 11.1. The largest absolute Gasteiger partial charge is 2.00 e. The number of aryl methyl sites for hydroxylation is 3. The third-order valence-electron chi connectivity index (χ3n) is 10.5. The predicted octanol–water partition coefficient (Wildman–Crippen LogP) is 13.0. The summed E-state index contributed by atoms with van der Waals surface area (Å²) in [6.45, 7) is 27.0. The second kappa shape index (κ2) is 15.2. The molecule has 0 amide bonds. The maximum atomic E-state index is 6.70. The summed E-state index contributed by atoms with van der Waals surface area (Å²) in [5.41, 5.74) is 13.8. The Bertz CT molecular complexity index is 2490. The van der Waals surface area contributed by atoms with E-state index in [1.165, 1.54) is 33.4 Å². The zero-order valence-corrected chi connectivity index (χ0v) is 36.1. The van der Waals surface area contributed by atoms with Gasteiger partial charge in [0, 0.05) is 34.5 Å². The van der Waals surface area contributed by atoms with Gasteiger partial charge in [-0.15, -0.1) is 41.3 Å². The predicted molar refractivity (Wildman–Crippen MR) is 225 cm³/mol. The van der Waals surface area contributed by atoms with Gasteiger partial charge in [-0.25, -0.2) is 4.98 Å². The summed E-state index contributed by atoms with van der Waals surface area (Å²) in [4.78, 5) is 4.82. The van der Waals surface area contributed by atoms with E-state index in [0.29, 0.717) is 11.5 Å². The van der Waals surface area contributed by atoms with Crippen LogP contribution in [0.25, 0.3) is 44.4 Å². The fraction of sp³-hybridized carbons (Fsp3) is 0.347. The van der Waals surface area contributed by atoms with Gasteiger partial charge in [0.25, 0.3) is 0 Å². The van der Waals surface area contributed by atoms with Crippen molar-refractivity contribution < 1.29 is 25.2 Å². The standard InChI is InChI=1S/C49H54N4O.Pd/c1-13-16-34-21-22-50-45(25-34)52-43-18-15-14-17-39(43)40-20-19-37(29-44(40)52)54-38-27-35(30(2)3)26-36(28-38)53-33(6)46(32(5)51-53)47-41(48(7,8)9)23-31(4)24-42(47)49(10,11)12;/h14-15,17-27,30H,13,16H2,1-12H3;/q-2;+2. The Labute approximate surface area is 341 Å². The van der Waals surface area contributed by atoms with Crippen LogP contribution in [0.2, 0.25) is 0 Å². The molecule has 0 saturated heterocycles. The van der Waals surface area contributed by atoms with Gasteiger partial charge in [0.2, 0.25) is 0 Å². The number of fused-ring (bicyclic) bond motifs is 3. The Morgan fingerprint density at radius 1 is 0.764 bits per heavy atom. The van der Waals surface area contributed by atoms with Crippen LogP contribution >= 0.6 is 0 Å². The van der Waals surface area contributed by atoms with Crippen LogP contribution < -0.4 is 4.74 Å². The molecule has 0 saturated carbocycles. The van der Waals surface area contributed by atoms with E-state index >= 15 is 0 Å². The maximum absolute atomic E-state index is 6.70. The quantitative estimate of drug-likeness (QED) is 0.113. The minimum Gasteiger partial charge on any atom is -0.509 e. The van der Waals surface area contributed by atoms with E-state index in [2.05, 4.69) is 171 Å². The summed E-state index contributed by atoms with van der Waals surface area (Å²) in [7, 11) is 0. The molecule has 0 aliphatic carbocycles. The molecular weight excluding hydrogens is 767 g/mol. The molecule has 0 atom stereocenters. The topological polar surface area (TPSA) is 44.9 Å². The van der Waals surface area contributed by atoms with Crippen molar-refractivity contribution in [3.05, 3.63) is 130 Å². The summed E-state index contributed by atoms with van der Waals surface area (Å²) in [5.74, 6) is 2.41. The van der Waals surface area contributed by atoms with Gasteiger partial charge >= 0.3 is 20.4 Å². The number of pyridine rings is 1. The van der Waals surface area contributed by atoms with Crippen molar-refractivity contribution in [1.29, 1.82) is 0 Å². The van der Waals surface area contributed by atoms with Gasteiger partial charge in [-0.05, 0) is 95.5 Å². The van der Waals surface area contributed by atoms with Crippen LogP contribution in [0, 0.1) is 32.9 Å². The fourth-order valence-corrected chi connectivity index (χ4v) is 7.85. The van der Waals surface area contributed by atoms with Crippen LogP contribution in [0.1, 0.15) is 114 Å². The summed E-state index contributed by atoms with van der Waals surface area (Å²) in [6.07, 6.45) is 3.99. The number of ether oxygens (including phenoxy) is 1. The van der Waals surface area contributed by atoms with E-state index in [-0.39, 0.29) is 37.2 Å². The summed E-state index contributed by atoms with van der Waals surface area (Å²) >= 11 is 0. The molecule has 286 valence electrons. The Balaban J connectivity index is 0.00000514. The number of para-hydroxylation sites is 1. The van der Waals surface area contributed by atoms with E-state index in [4.69, 9.17) is 14.8 Å². The number of rotatable bonds is 8. The van der Waals surface area contributed by atoms with Crippen molar-refractivity contribution in [1.82, 2.24) is 19.3 Å². The van der Waals surface area contributed by atoms with Crippen molar-refractivity contribution in [3.63, 3.8) is 0 Å². The van der Waals surface area contributed by atoms with Crippen molar-refractivity contribution >= 4 is 21.8 Å². The molecule has 0 radical (unpaired) electrons. The molecule has 3 heterocycles. The van der Waals surface area contributed by atoms with Crippen LogP contribution in [0.5, 0.6) is 11.5 Å². The number of hydrogen-bond acceptors (Lipinski definition) is 3. The molecule has 7 aromatic rings. The first-order valence-corrected chi connectivity index (χ1v) is 19.4. The molecule has 0 spiro atoms. The van der Waals surface area contributed by atoms with E-state index in [1.54, 1.807) is 0 Å². The van der Waals surface area contributed by atoms with Crippen molar-refractivity contribution in [3.8, 4) is 34.1 Å². The van der Waals surface area contributed by atoms with Crippen LogP contribution in [0.4, 0.5) is 0 Å². The molecule has 0 unspecified atom stereocenters. The number of hydrogen-bond donors (Lipinski definition) is 0. The maximum Gasteiger partial charge on any atom is 2.00 e. The Hall–Kier alpha value is -4.50. The number of nitrogens with zero attached hydrogens (tertiary/aromatic N) is 4. The average molecular weight is 821 g/mol. The molecule has 0 aliphatic heterocycles. The molecule has 4 aromatic carbocycles. The molecule has 0 bridgehead atoms. The Morgan fingerprint density at radius 3 is 2.11 bits per heavy atom. The first-order valence-electron chi connectivity index (χ1n) is 19.4. The summed E-state index contributed by atoms with van der Waals surface area (Å²) in [6, 6.07) is 33.2. The van der Waals surface area contributed by atoms with Crippen LogP contribution in [-0.2, 0) is 37.7 Å². The molecule has 55 heavy (non-hydrogen) atoms. The summed E-state index contributed by atoms with van der Waals surface area (Å²) in [5, 5.41) is 7.48. The van der Waals surface area contributed by atoms with Gasteiger partial charge in [-0.2, -0.15) is 11.2 Å². The van der Waals surface area contributed by atoms with Gasteiger partial charge in [0.1, 0.15) is 5.82 Å². The first kappa shape index (κ1) is 40.2. The van der Waals surface area contributed by atoms with Crippen LogP contribution in [0.15, 0.2) is 79.0 Å². The van der Waals surface area contributed by atoms with E-state index in [1.807, 2.05) is 12.3 Å². The monoisotopic (exact) mass is 820 g/mol. The minimum atomic E-state index is -0.0509. The zero-order chi connectivity index (χ0) is 38.7. The zero-order valence-electron chi connectivity index (χ0n) is 34.5. The van der Waals surface area contributed by atoms with Crippen molar-refractivity contribution in [2.45, 2.75) is 113 Å². The SMILES string of the molecule is CCCc1ccnc(-n2c3[c-]c(Oc4[c-]c(-n5nc(C)c(-c6c(C(C)(C)C)cc(C)cc6C(C)(C)C)c5C)cc(C(C)C)c4)ccc3c3ccccc32)c1.[Pd+2]. The fourth-order valence-electron chi connectivity index (χ4n) is 7.85. The van der Waals surface area contributed by atoms with E-state index in [9.17, 15) is 0 Å².